The van der Waals surface area contributed by atoms with Gasteiger partial charge in [-0.3, -0.25) is 0 Å². The van der Waals surface area contributed by atoms with Crippen LogP contribution in [-0.4, -0.2) is 37.7 Å². The minimum absolute atomic E-state index is 0.431. The summed E-state index contributed by atoms with van der Waals surface area (Å²) in [4.78, 5) is 2.23. The first-order chi connectivity index (χ1) is 4.22. The highest BCUT2D eigenvalue weighted by molar-refractivity contribution is 4.78. The van der Waals surface area contributed by atoms with Crippen LogP contribution in [0.25, 0.3) is 0 Å². The summed E-state index contributed by atoms with van der Waals surface area (Å²) in [5.41, 5.74) is 0. The third-order valence-corrected chi connectivity index (χ3v) is 2.00. The Morgan fingerprint density at radius 3 is 2.33 bits per heavy atom. The summed E-state index contributed by atoms with van der Waals surface area (Å²) in [5, 5.41) is 0. The van der Waals surface area contributed by atoms with E-state index in [1.54, 1.807) is 0 Å². The second-order valence-corrected chi connectivity index (χ2v) is 2.90. The first-order valence-electron chi connectivity index (χ1n) is 3.50. The van der Waals surface area contributed by atoms with Gasteiger partial charge in [0.05, 0.1) is 6.10 Å². The standard InChI is InChI=1S/C7H15NO/c1-6-7(8(2)3)4-5-9-6/h6-7H,4-5H2,1-3H3/t6-,7+/m1/s1. The lowest BCUT2D eigenvalue weighted by Gasteiger charge is -2.21. The fraction of sp³-hybridized carbons (Fsp3) is 1.00. The predicted octanol–water partition coefficient (Wildman–Crippen LogP) is 0.725. The summed E-state index contributed by atoms with van der Waals surface area (Å²) in [6, 6.07) is 0.644. The molecule has 0 amide bonds. The van der Waals surface area contributed by atoms with E-state index in [0.29, 0.717) is 12.1 Å². The first kappa shape index (κ1) is 7.03. The molecule has 1 heterocycles. The van der Waals surface area contributed by atoms with E-state index in [1.807, 2.05) is 0 Å². The SMILES string of the molecule is C[C@H]1OCC[C@@H]1N(C)C. The molecule has 1 aliphatic heterocycles. The predicted molar refractivity (Wildman–Crippen MR) is 37.5 cm³/mol. The van der Waals surface area contributed by atoms with Gasteiger partial charge in [-0.1, -0.05) is 0 Å². The van der Waals surface area contributed by atoms with Crippen molar-refractivity contribution in [2.24, 2.45) is 0 Å². The molecule has 2 atom stereocenters. The van der Waals surface area contributed by atoms with Crippen LogP contribution >= 0.6 is 0 Å². The quantitative estimate of drug-likeness (QED) is 0.517. The summed E-state index contributed by atoms with van der Waals surface area (Å²) in [6.07, 6.45) is 1.62. The maximum absolute atomic E-state index is 5.39. The molecule has 9 heavy (non-hydrogen) atoms. The zero-order valence-corrected chi connectivity index (χ0v) is 6.42. The number of hydrogen-bond acceptors (Lipinski definition) is 2. The van der Waals surface area contributed by atoms with Gasteiger partial charge >= 0.3 is 0 Å². The van der Waals surface area contributed by atoms with Gasteiger partial charge in [0.1, 0.15) is 0 Å². The molecule has 1 saturated heterocycles. The van der Waals surface area contributed by atoms with Crippen molar-refractivity contribution < 1.29 is 4.74 Å². The van der Waals surface area contributed by atoms with Crippen LogP contribution in [0.1, 0.15) is 13.3 Å². The molecular weight excluding hydrogens is 114 g/mol. The van der Waals surface area contributed by atoms with E-state index in [1.165, 1.54) is 6.42 Å². The molecular formula is C7H15NO. The summed E-state index contributed by atoms with van der Waals surface area (Å²) in [7, 11) is 4.21. The molecule has 54 valence electrons. The van der Waals surface area contributed by atoms with E-state index in [2.05, 4.69) is 25.9 Å². The molecule has 0 unspecified atom stereocenters. The fourth-order valence-electron chi connectivity index (χ4n) is 1.40. The second-order valence-electron chi connectivity index (χ2n) is 2.90. The Kier molecular flexibility index (Phi) is 2.09. The van der Waals surface area contributed by atoms with Gasteiger partial charge in [0, 0.05) is 12.6 Å². The van der Waals surface area contributed by atoms with E-state index < -0.39 is 0 Å². The van der Waals surface area contributed by atoms with E-state index in [0.717, 1.165) is 6.61 Å². The highest BCUT2D eigenvalue weighted by Crippen LogP contribution is 2.16. The van der Waals surface area contributed by atoms with E-state index >= 15 is 0 Å². The monoisotopic (exact) mass is 129 g/mol. The molecule has 0 aromatic rings. The number of rotatable bonds is 1. The molecule has 0 aliphatic carbocycles. The smallest absolute Gasteiger partial charge is 0.0702 e. The molecule has 0 N–H and O–H groups in total. The van der Waals surface area contributed by atoms with Crippen LogP contribution in [0.3, 0.4) is 0 Å². The van der Waals surface area contributed by atoms with Gasteiger partial charge in [0.2, 0.25) is 0 Å². The Morgan fingerprint density at radius 1 is 1.44 bits per heavy atom. The molecule has 2 nitrogen and oxygen atoms in total. The third-order valence-electron chi connectivity index (χ3n) is 2.00. The van der Waals surface area contributed by atoms with Gasteiger partial charge in [-0.05, 0) is 27.4 Å². The van der Waals surface area contributed by atoms with Crippen LogP contribution in [-0.2, 0) is 4.74 Å². The summed E-state index contributed by atoms with van der Waals surface area (Å²) < 4.78 is 5.39. The van der Waals surface area contributed by atoms with E-state index in [-0.39, 0.29) is 0 Å². The van der Waals surface area contributed by atoms with Crippen LogP contribution < -0.4 is 0 Å². The highest BCUT2D eigenvalue weighted by atomic mass is 16.5. The van der Waals surface area contributed by atoms with Crippen molar-refractivity contribution >= 4 is 0 Å². The maximum Gasteiger partial charge on any atom is 0.0702 e. The average Bonchev–Trinajstić information content (AvgIpc) is 2.13. The molecule has 0 radical (unpaired) electrons. The van der Waals surface area contributed by atoms with Crippen LogP contribution in [0.2, 0.25) is 0 Å². The van der Waals surface area contributed by atoms with E-state index in [9.17, 15) is 0 Å². The number of hydrogen-bond donors (Lipinski definition) is 0. The molecule has 1 aliphatic rings. The number of likely N-dealkylation sites (N-methyl/N-ethyl adjacent to an activating group) is 1. The largest absolute Gasteiger partial charge is 0.377 e. The molecule has 0 saturated carbocycles. The highest BCUT2D eigenvalue weighted by Gasteiger charge is 2.25. The molecule has 0 aromatic carbocycles. The van der Waals surface area contributed by atoms with Gasteiger partial charge < -0.3 is 9.64 Å². The van der Waals surface area contributed by atoms with Crippen molar-refractivity contribution in [3.63, 3.8) is 0 Å². The molecule has 0 bridgehead atoms. The van der Waals surface area contributed by atoms with Crippen molar-refractivity contribution in [2.75, 3.05) is 20.7 Å². The molecule has 2 heteroatoms. The summed E-state index contributed by atoms with van der Waals surface area (Å²) in [6.45, 7) is 3.07. The molecule has 0 aromatic heterocycles. The first-order valence-corrected chi connectivity index (χ1v) is 3.50. The molecule has 0 spiro atoms. The van der Waals surface area contributed by atoms with Crippen molar-refractivity contribution in [3.8, 4) is 0 Å². The van der Waals surface area contributed by atoms with Crippen molar-refractivity contribution in [3.05, 3.63) is 0 Å². The topological polar surface area (TPSA) is 12.5 Å². The van der Waals surface area contributed by atoms with Crippen LogP contribution in [0.4, 0.5) is 0 Å². The lowest BCUT2D eigenvalue weighted by molar-refractivity contribution is 0.0913. The van der Waals surface area contributed by atoms with Gasteiger partial charge in [-0.15, -0.1) is 0 Å². The van der Waals surface area contributed by atoms with Gasteiger partial charge in [0.15, 0.2) is 0 Å². The molecule has 1 rings (SSSR count). The zero-order valence-electron chi connectivity index (χ0n) is 6.42. The Labute approximate surface area is 56.8 Å². The van der Waals surface area contributed by atoms with E-state index in [4.69, 9.17) is 4.74 Å². The maximum atomic E-state index is 5.39. The Morgan fingerprint density at radius 2 is 2.11 bits per heavy atom. The fourth-order valence-corrected chi connectivity index (χ4v) is 1.40. The summed E-state index contributed by atoms with van der Waals surface area (Å²) in [5.74, 6) is 0. The van der Waals surface area contributed by atoms with Gasteiger partial charge in [-0.2, -0.15) is 0 Å². The van der Waals surface area contributed by atoms with Crippen molar-refractivity contribution in [1.29, 1.82) is 0 Å². The van der Waals surface area contributed by atoms with Gasteiger partial charge in [0.25, 0.3) is 0 Å². The number of nitrogens with zero attached hydrogens (tertiary/aromatic N) is 1. The second kappa shape index (κ2) is 2.67. The normalized spacial score (nSPS) is 36.0. The third kappa shape index (κ3) is 1.43. The molecule has 1 fully saturated rings. The number of ether oxygens (including phenoxy) is 1. The van der Waals surface area contributed by atoms with Gasteiger partial charge in [-0.25, -0.2) is 0 Å². The Balaban J connectivity index is 2.40. The Bertz CT molecular complexity index is 92.9. The Hall–Kier alpha value is -0.0800. The summed E-state index contributed by atoms with van der Waals surface area (Å²) >= 11 is 0. The van der Waals surface area contributed by atoms with Crippen LogP contribution in [0.5, 0.6) is 0 Å². The zero-order chi connectivity index (χ0) is 6.85. The minimum atomic E-state index is 0.431. The van der Waals surface area contributed by atoms with Crippen LogP contribution in [0.15, 0.2) is 0 Å². The van der Waals surface area contributed by atoms with Crippen LogP contribution in [0, 0.1) is 0 Å². The lowest BCUT2D eigenvalue weighted by Crippen LogP contribution is -2.33. The van der Waals surface area contributed by atoms with Crippen molar-refractivity contribution in [2.45, 2.75) is 25.5 Å². The lowest BCUT2D eigenvalue weighted by atomic mass is 10.1. The van der Waals surface area contributed by atoms with Crippen molar-refractivity contribution in [1.82, 2.24) is 4.90 Å². The average molecular weight is 129 g/mol. The minimum Gasteiger partial charge on any atom is -0.377 e.